The van der Waals surface area contributed by atoms with E-state index in [0.29, 0.717) is 11.0 Å². The summed E-state index contributed by atoms with van der Waals surface area (Å²) < 4.78 is 0. The van der Waals surface area contributed by atoms with Gasteiger partial charge in [-0.05, 0) is 51.5 Å². The number of likely N-dealkylation sites (tertiary alicyclic amines) is 1. The van der Waals surface area contributed by atoms with Gasteiger partial charge in [0.2, 0.25) is 0 Å². The minimum absolute atomic E-state index is 0.390. The van der Waals surface area contributed by atoms with Gasteiger partial charge < -0.3 is 10.2 Å². The van der Waals surface area contributed by atoms with E-state index < -0.39 is 0 Å². The van der Waals surface area contributed by atoms with Crippen molar-refractivity contribution in [2.75, 3.05) is 20.1 Å². The summed E-state index contributed by atoms with van der Waals surface area (Å²) in [5.41, 5.74) is 0.966. The highest BCUT2D eigenvalue weighted by Gasteiger charge is 2.35. The number of nitrogens with one attached hydrogen (secondary N) is 1. The Morgan fingerprint density at radius 3 is 2.24 bits per heavy atom. The van der Waals surface area contributed by atoms with E-state index >= 15 is 0 Å². The van der Waals surface area contributed by atoms with Crippen LogP contribution in [0.1, 0.15) is 59.3 Å². The van der Waals surface area contributed by atoms with Gasteiger partial charge in [-0.25, -0.2) is 0 Å². The van der Waals surface area contributed by atoms with Crippen LogP contribution in [-0.4, -0.2) is 36.6 Å². The topological polar surface area (TPSA) is 15.3 Å². The second-order valence-electron chi connectivity index (χ2n) is 7.26. The molecule has 0 aromatic heterocycles. The first-order valence-corrected chi connectivity index (χ1v) is 7.37. The summed E-state index contributed by atoms with van der Waals surface area (Å²) in [6.07, 6.45) is 8.30. The van der Waals surface area contributed by atoms with Gasteiger partial charge in [0.05, 0.1) is 0 Å². The Kier molecular flexibility index (Phi) is 3.84. The van der Waals surface area contributed by atoms with E-state index in [-0.39, 0.29) is 0 Å². The summed E-state index contributed by atoms with van der Waals surface area (Å²) in [5, 5.41) is 3.49. The Hall–Kier alpha value is -0.0800. The maximum absolute atomic E-state index is 3.49. The van der Waals surface area contributed by atoms with E-state index in [0.717, 1.165) is 6.04 Å². The molecule has 2 aliphatic rings. The molecule has 1 saturated heterocycles. The molecule has 1 heterocycles. The van der Waals surface area contributed by atoms with Gasteiger partial charge in [0.1, 0.15) is 0 Å². The molecule has 100 valence electrons. The lowest BCUT2D eigenvalue weighted by molar-refractivity contribution is 0.0555. The van der Waals surface area contributed by atoms with Crippen molar-refractivity contribution >= 4 is 0 Å². The fourth-order valence-electron chi connectivity index (χ4n) is 3.60. The molecular weight excluding hydrogens is 208 g/mol. The van der Waals surface area contributed by atoms with E-state index in [1.54, 1.807) is 0 Å². The Morgan fingerprint density at radius 1 is 1.06 bits per heavy atom. The molecule has 2 heteroatoms. The average molecular weight is 238 g/mol. The maximum Gasteiger partial charge on any atom is 0.0174 e. The van der Waals surface area contributed by atoms with Crippen LogP contribution in [0.25, 0.3) is 0 Å². The summed E-state index contributed by atoms with van der Waals surface area (Å²) in [6, 6.07) is 0.861. The fraction of sp³-hybridized carbons (Fsp3) is 1.00. The summed E-state index contributed by atoms with van der Waals surface area (Å²) in [7, 11) is 2.11. The number of nitrogens with zero attached hydrogens (tertiary/aromatic N) is 1. The molecule has 1 saturated carbocycles. The van der Waals surface area contributed by atoms with Crippen LogP contribution < -0.4 is 5.32 Å². The monoisotopic (exact) mass is 238 g/mol. The van der Waals surface area contributed by atoms with Crippen LogP contribution >= 0.6 is 0 Å². The van der Waals surface area contributed by atoms with Crippen LogP contribution in [0, 0.1) is 5.41 Å². The molecule has 0 bridgehead atoms. The van der Waals surface area contributed by atoms with Gasteiger partial charge >= 0.3 is 0 Å². The molecule has 1 unspecified atom stereocenters. The maximum atomic E-state index is 3.49. The predicted molar refractivity (Wildman–Crippen MR) is 74.3 cm³/mol. The van der Waals surface area contributed by atoms with Crippen molar-refractivity contribution in [2.45, 2.75) is 70.9 Å². The lowest BCUT2D eigenvalue weighted by atomic mass is 9.74. The molecule has 0 spiro atoms. The Labute approximate surface area is 107 Å². The van der Waals surface area contributed by atoms with E-state index in [2.05, 4.69) is 38.0 Å². The minimum Gasteiger partial charge on any atom is -0.314 e. The number of hydrogen-bond donors (Lipinski definition) is 1. The third-order valence-corrected chi connectivity index (χ3v) is 5.20. The number of hydrogen-bond acceptors (Lipinski definition) is 2. The van der Waals surface area contributed by atoms with E-state index in [1.807, 2.05) is 0 Å². The zero-order valence-electron chi connectivity index (χ0n) is 12.2. The average Bonchev–Trinajstić information content (AvgIpc) is 2.29. The van der Waals surface area contributed by atoms with Crippen molar-refractivity contribution in [3.63, 3.8) is 0 Å². The van der Waals surface area contributed by atoms with Crippen LogP contribution in [0.5, 0.6) is 0 Å². The molecule has 2 nitrogen and oxygen atoms in total. The molecular formula is C15H30N2. The normalized spacial score (nSPS) is 33.5. The summed E-state index contributed by atoms with van der Waals surface area (Å²) in [4.78, 5) is 2.76. The van der Waals surface area contributed by atoms with Crippen LogP contribution in [0.2, 0.25) is 0 Å². The SMILES string of the molecule is CNC1(C)CCN(C2CCCC(C)(C)C2)CC1. The van der Waals surface area contributed by atoms with E-state index in [1.165, 1.54) is 51.6 Å². The lowest BCUT2D eigenvalue weighted by Gasteiger charge is -2.46. The molecule has 0 amide bonds. The minimum atomic E-state index is 0.390. The quantitative estimate of drug-likeness (QED) is 0.795. The zero-order chi connectivity index (χ0) is 12.5. The van der Waals surface area contributed by atoms with Crippen LogP contribution in [0.4, 0.5) is 0 Å². The number of piperidine rings is 1. The fourth-order valence-corrected chi connectivity index (χ4v) is 3.60. The summed E-state index contributed by atoms with van der Waals surface area (Å²) >= 11 is 0. The first-order chi connectivity index (χ1) is 7.94. The molecule has 0 aromatic rings. The van der Waals surface area contributed by atoms with Gasteiger partial charge in [0.25, 0.3) is 0 Å². The van der Waals surface area contributed by atoms with E-state index in [4.69, 9.17) is 0 Å². The second-order valence-corrected chi connectivity index (χ2v) is 7.26. The Balaban J connectivity index is 1.88. The molecule has 0 aromatic carbocycles. The van der Waals surface area contributed by atoms with Crippen LogP contribution in [-0.2, 0) is 0 Å². The molecule has 2 fully saturated rings. The molecule has 0 radical (unpaired) electrons. The molecule has 1 N–H and O–H groups in total. The van der Waals surface area contributed by atoms with Crippen molar-refractivity contribution in [3.05, 3.63) is 0 Å². The first-order valence-electron chi connectivity index (χ1n) is 7.37. The van der Waals surface area contributed by atoms with Gasteiger partial charge in [0.15, 0.2) is 0 Å². The van der Waals surface area contributed by atoms with Crippen LogP contribution in [0.3, 0.4) is 0 Å². The molecule has 1 aliphatic heterocycles. The van der Waals surface area contributed by atoms with Gasteiger partial charge in [-0.2, -0.15) is 0 Å². The zero-order valence-corrected chi connectivity index (χ0v) is 12.2. The molecule has 17 heavy (non-hydrogen) atoms. The Bertz CT molecular complexity index is 252. The summed E-state index contributed by atoms with van der Waals surface area (Å²) in [6.45, 7) is 9.84. The predicted octanol–water partition coefficient (Wildman–Crippen LogP) is 3.03. The standard InChI is InChI=1S/C15H30N2/c1-14(2)7-5-6-13(12-14)17-10-8-15(3,16-4)9-11-17/h13,16H,5-12H2,1-4H3. The molecule has 2 rings (SSSR count). The highest BCUT2D eigenvalue weighted by molar-refractivity contribution is 4.92. The van der Waals surface area contributed by atoms with Crippen molar-refractivity contribution in [2.24, 2.45) is 5.41 Å². The second kappa shape index (κ2) is 4.89. The summed E-state index contributed by atoms with van der Waals surface area (Å²) in [5.74, 6) is 0. The van der Waals surface area contributed by atoms with Crippen molar-refractivity contribution in [1.82, 2.24) is 10.2 Å². The number of rotatable bonds is 2. The largest absolute Gasteiger partial charge is 0.314 e. The van der Waals surface area contributed by atoms with Crippen LogP contribution in [0.15, 0.2) is 0 Å². The third kappa shape index (κ3) is 3.23. The molecule has 1 aliphatic carbocycles. The highest BCUT2D eigenvalue weighted by atomic mass is 15.2. The Morgan fingerprint density at radius 2 is 1.71 bits per heavy atom. The van der Waals surface area contributed by atoms with Gasteiger partial charge in [-0.1, -0.05) is 20.3 Å². The van der Waals surface area contributed by atoms with Gasteiger partial charge in [0, 0.05) is 24.7 Å². The van der Waals surface area contributed by atoms with Crippen molar-refractivity contribution < 1.29 is 0 Å². The van der Waals surface area contributed by atoms with E-state index in [9.17, 15) is 0 Å². The molecule has 1 atom stereocenters. The lowest BCUT2D eigenvalue weighted by Crippen LogP contribution is -2.53. The van der Waals surface area contributed by atoms with Gasteiger partial charge in [-0.3, -0.25) is 0 Å². The highest BCUT2D eigenvalue weighted by Crippen LogP contribution is 2.38. The van der Waals surface area contributed by atoms with Gasteiger partial charge in [-0.15, -0.1) is 0 Å². The van der Waals surface area contributed by atoms with Crippen molar-refractivity contribution in [3.8, 4) is 0 Å². The third-order valence-electron chi connectivity index (χ3n) is 5.20. The first kappa shape index (κ1) is 13.4. The smallest absolute Gasteiger partial charge is 0.0174 e. The van der Waals surface area contributed by atoms with Crippen molar-refractivity contribution in [1.29, 1.82) is 0 Å².